The minimum absolute atomic E-state index is 0.0869. The lowest BCUT2D eigenvalue weighted by molar-refractivity contribution is -0.137. The molecule has 0 radical (unpaired) electrons. The Hall–Kier alpha value is -2.09. The van der Waals surface area contributed by atoms with Gasteiger partial charge in [-0.25, -0.2) is 0 Å². The van der Waals surface area contributed by atoms with Crippen LogP contribution in [0.1, 0.15) is 88.0 Å². The fourth-order valence-corrected chi connectivity index (χ4v) is 4.21. The molecule has 2 N–H and O–H groups in total. The summed E-state index contributed by atoms with van der Waals surface area (Å²) in [4.78, 5) is 63.9. The van der Waals surface area contributed by atoms with Crippen LogP contribution in [0.2, 0.25) is 0 Å². The lowest BCUT2D eigenvalue weighted by Crippen LogP contribution is -2.47. The lowest BCUT2D eigenvalue weighted by atomic mass is 9.69. The summed E-state index contributed by atoms with van der Waals surface area (Å²) in [5.74, 6) is -2.17. The molecule has 0 aromatic carbocycles. The van der Waals surface area contributed by atoms with E-state index in [2.05, 4.69) is 10.6 Å². The van der Waals surface area contributed by atoms with Crippen molar-refractivity contribution in [2.45, 2.75) is 93.5 Å². The molecular formula is C27H49N3O5. The number of Topliss-reactive ketones (excluding diaryl/α,β-unsaturated/α-hetero) is 3. The summed E-state index contributed by atoms with van der Waals surface area (Å²) >= 11 is 0. The maximum absolute atomic E-state index is 12.8. The van der Waals surface area contributed by atoms with Crippen LogP contribution in [-0.4, -0.2) is 66.3 Å². The smallest absolute Gasteiger partial charge is 0.223 e. The van der Waals surface area contributed by atoms with E-state index in [1.807, 2.05) is 32.7 Å². The van der Waals surface area contributed by atoms with E-state index < -0.39 is 23.2 Å². The SMILES string of the molecule is CCC(C)(C)NC(=O)C(C)CC(C)(CC(C(C)=O)C(C)C(=O)NCCCN(C)CC(C)=O)C(C)=O. The Balaban J connectivity index is 5.24. The van der Waals surface area contributed by atoms with Gasteiger partial charge in [0.05, 0.1) is 6.54 Å². The molecule has 0 rings (SSSR count). The number of amides is 2. The third-order valence-corrected chi connectivity index (χ3v) is 7.12. The minimum Gasteiger partial charge on any atom is -0.356 e. The maximum atomic E-state index is 12.8. The van der Waals surface area contributed by atoms with E-state index in [9.17, 15) is 24.0 Å². The molecule has 0 spiro atoms. The highest BCUT2D eigenvalue weighted by atomic mass is 16.2. The summed E-state index contributed by atoms with van der Waals surface area (Å²) in [5.41, 5.74) is -1.25. The average molecular weight is 496 g/mol. The first-order valence-electron chi connectivity index (χ1n) is 12.7. The fourth-order valence-electron chi connectivity index (χ4n) is 4.21. The number of likely N-dealkylation sites (N-methyl/N-ethyl adjacent to an activating group) is 1. The molecule has 0 saturated carbocycles. The van der Waals surface area contributed by atoms with E-state index >= 15 is 0 Å². The molecule has 0 fully saturated rings. The first-order chi connectivity index (χ1) is 16.0. The molecule has 8 heteroatoms. The van der Waals surface area contributed by atoms with Gasteiger partial charge in [-0.2, -0.15) is 0 Å². The summed E-state index contributed by atoms with van der Waals surface area (Å²) in [6, 6.07) is 0. The van der Waals surface area contributed by atoms with Gasteiger partial charge >= 0.3 is 0 Å². The van der Waals surface area contributed by atoms with Gasteiger partial charge in [-0.3, -0.25) is 28.9 Å². The van der Waals surface area contributed by atoms with Crippen LogP contribution in [0, 0.1) is 23.2 Å². The Labute approximate surface area is 212 Å². The Morgan fingerprint density at radius 2 is 1.49 bits per heavy atom. The monoisotopic (exact) mass is 495 g/mol. The summed E-state index contributed by atoms with van der Waals surface area (Å²) in [7, 11) is 1.85. The fraction of sp³-hybridized carbons (Fsp3) is 0.815. The second-order valence-electron chi connectivity index (χ2n) is 11.2. The summed E-state index contributed by atoms with van der Waals surface area (Å²) < 4.78 is 0. The first-order valence-corrected chi connectivity index (χ1v) is 12.7. The van der Waals surface area contributed by atoms with Gasteiger partial charge in [0.15, 0.2) is 0 Å². The van der Waals surface area contributed by atoms with Crippen LogP contribution in [0.4, 0.5) is 0 Å². The molecule has 2 amide bonds. The number of nitrogens with zero attached hydrogens (tertiary/aromatic N) is 1. The van der Waals surface area contributed by atoms with Crippen molar-refractivity contribution in [2.75, 3.05) is 26.7 Å². The van der Waals surface area contributed by atoms with Crippen molar-refractivity contribution in [3.05, 3.63) is 0 Å². The molecule has 0 bridgehead atoms. The highest BCUT2D eigenvalue weighted by Crippen LogP contribution is 2.37. The molecule has 0 saturated heterocycles. The standard InChI is InChI=1S/C27H49N3O5/c1-11-26(7,8)29-24(34)18(2)15-27(9,22(6)33)16-23(21(5)32)20(4)25(35)28-13-12-14-30(10)17-19(3)31/h18,20,23H,11-17H2,1-10H3,(H,28,35)(H,29,34). The normalized spacial score (nSPS) is 16.1. The third-order valence-electron chi connectivity index (χ3n) is 7.12. The highest BCUT2D eigenvalue weighted by molar-refractivity contribution is 5.89. The number of carbonyl (C=O) groups excluding carboxylic acids is 5. The Kier molecular flexibility index (Phi) is 13.6. The van der Waals surface area contributed by atoms with Crippen LogP contribution in [0.25, 0.3) is 0 Å². The number of hydrogen-bond acceptors (Lipinski definition) is 6. The quantitative estimate of drug-likeness (QED) is 0.300. The van der Waals surface area contributed by atoms with Gasteiger partial charge in [0.25, 0.3) is 0 Å². The van der Waals surface area contributed by atoms with E-state index in [4.69, 9.17) is 0 Å². The first kappa shape index (κ1) is 32.9. The van der Waals surface area contributed by atoms with Gasteiger partial charge in [0, 0.05) is 35.3 Å². The Morgan fingerprint density at radius 3 is 1.94 bits per heavy atom. The predicted octanol–water partition coefficient (Wildman–Crippen LogP) is 3.17. The number of carbonyl (C=O) groups is 5. The molecular weight excluding hydrogens is 446 g/mol. The zero-order chi connectivity index (χ0) is 27.6. The number of rotatable bonds is 17. The van der Waals surface area contributed by atoms with Gasteiger partial charge in [0.2, 0.25) is 11.8 Å². The number of ketones is 3. The molecule has 4 unspecified atom stereocenters. The van der Waals surface area contributed by atoms with Crippen molar-refractivity contribution in [1.29, 1.82) is 0 Å². The average Bonchev–Trinajstić information content (AvgIpc) is 2.73. The van der Waals surface area contributed by atoms with Crippen LogP contribution in [-0.2, 0) is 24.0 Å². The van der Waals surface area contributed by atoms with Crippen LogP contribution >= 0.6 is 0 Å². The minimum atomic E-state index is -0.909. The number of nitrogens with one attached hydrogen (secondary N) is 2. The van der Waals surface area contributed by atoms with Crippen molar-refractivity contribution in [3.63, 3.8) is 0 Å². The van der Waals surface area contributed by atoms with Gasteiger partial charge in [-0.05, 0) is 73.9 Å². The summed E-state index contributed by atoms with van der Waals surface area (Å²) in [5, 5.41) is 5.91. The van der Waals surface area contributed by atoms with Crippen LogP contribution < -0.4 is 10.6 Å². The predicted molar refractivity (Wildman–Crippen MR) is 139 cm³/mol. The van der Waals surface area contributed by atoms with E-state index in [0.29, 0.717) is 32.5 Å². The Morgan fingerprint density at radius 1 is 0.914 bits per heavy atom. The largest absolute Gasteiger partial charge is 0.356 e. The molecule has 8 nitrogen and oxygen atoms in total. The topological polar surface area (TPSA) is 113 Å². The zero-order valence-electron chi connectivity index (χ0n) is 23.7. The molecule has 0 heterocycles. The second-order valence-corrected chi connectivity index (χ2v) is 11.2. The van der Waals surface area contributed by atoms with Gasteiger partial charge in [0.1, 0.15) is 17.3 Å². The molecule has 0 aromatic rings. The zero-order valence-corrected chi connectivity index (χ0v) is 23.7. The van der Waals surface area contributed by atoms with E-state index in [-0.39, 0.29) is 41.1 Å². The van der Waals surface area contributed by atoms with E-state index in [1.54, 1.807) is 20.8 Å². The molecule has 0 aromatic heterocycles. The molecule has 4 atom stereocenters. The molecule has 0 aliphatic rings. The maximum Gasteiger partial charge on any atom is 0.223 e. The van der Waals surface area contributed by atoms with Crippen LogP contribution in [0.3, 0.4) is 0 Å². The summed E-state index contributed by atoms with van der Waals surface area (Å²) in [6.07, 6.45) is 1.97. The van der Waals surface area contributed by atoms with Crippen molar-refractivity contribution in [1.82, 2.24) is 15.5 Å². The van der Waals surface area contributed by atoms with Gasteiger partial charge in [-0.1, -0.05) is 27.7 Å². The lowest BCUT2D eigenvalue weighted by Gasteiger charge is -2.35. The molecule has 35 heavy (non-hydrogen) atoms. The molecule has 202 valence electrons. The molecule has 0 aliphatic carbocycles. The van der Waals surface area contributed by atoms with Crippen LogP contribution in [0.15, 0.2) is 0 Å². The van der Waals surface area contributed by atoms with Crippen molar-refractivity contribution in [3.8, 4) is 0 Å². The van der Waals surface area contributed by atoms with Crippen LogP contribution in [0.5, 0.6) is 0 Å². The van der Waals surface area contributed by atoms with Crippen molar-refractivity contribution < 1.29 is 24.0 Å². The van der Waals surface area contributed by atoms with Crippen molar-refractivity contribution >= 4 is 29.2 Å². The Bertz CT molecular complexity index is 764. The van der Waals surface area contributed by atoms with Gasteiger partial charge in [-0.15, -0.1) is 0 Å². The van der Waals surface area contributed by atoms with Gasteiger partial charge < -0.3 is 10.6 Å². The van der Waals surface area contributed by atoms with E-state index in [1.165, 1.54) is 20.8 Å². The van der Waals surface area contributed by atoms with E-state index in [0.717, 1.165) is 6.42 Å². The second kappa shape index (κ2) is 14.5. The van der Waals surface area contributed by atoms with Crippen molar-refractivity contribution in [2.24, 2.45) is 23.2 Å². The highest BCUT2D eigenvalue weighted by Gasteiger charge is 2.40. The number of hydrogen-bond donors (Lipinski definition) is 2. The summed E-state index contributed by atoms with van der Waals surface area (Å²) in [6.45, 7) is 17.1. The molecule has 0 aliphatic heterocycles. The third kappa shape index (κ3) is 11.9.